The van der Waals surface area contributed by atoms with Crippen LogP contribution in [-0.2, 0) is 16.8 Å². The van der Waals surface area contributed by atoms with Gasteiger partial charge in [0, 0.05) is 19.5 Å². The van der Waals surface area contributed by atoms with Gasteiger partial charge < -0.3 is 5.73 Å². The number of rotatable bonds is 5. The van der Waals surface area contributed by atoms with Crippen LogP contribution in [-0.4, -0.2) is 39.5 Å². The SMILES string of the molecule is CN1C(=O)CC(C)(c2cccc(CC(=O)c3ccc([N+](=O)[O-])cn3)c2)N=C1N. The molecule has 0 saturated heterocycles. The Kier molecular flexibility index (Phi) is 4.91. The Balaban J connectivity index is 1.83. The van der Waals surface area contributed by atoms with Crippen LogP contribution in [0.2, 0.25) is 0 Å². The van der Waals surface area contributed by atoms with E-state index in [1.165, 1.54) is 17.0 Å². The largest absolute Gasteiger partial charge is 0.369 e. The molecule has 1 unspecified atom stereocenters. The minimum atomic E-state index is -0.807. The zero-order valence-electron chi connectivity index (χ0n) is 15.5. The molecule has 9 nitrogen and oxygen atoms in total. The number of nitro groups is 1. The maximum absolute atomic E-state index is 12.5. The molecular weight excluding hydrogens is 362 g/mol. The van der Waals surface area contributed by atoms with E-state index < -0.39 is 10.5 Å². The summed E-state index contributed by atoms with van der Waals surface area (Å²) in [6.45, 7) is 1.82. The maximum atomic E-state index is 12.5. The Morgan fingerprint density at radius 3 is 2.71 bits per heavy atom. The summed E-state index contributed by atoms with van der Waals surface area (Å²) >= 11 is 0. The molecule has 2 aromatic rings. The van der Waals surface area contributed by atoms with Crippen molar-refractivity contribution in [2.24, 2.45) is 10.7 Å². The van der Waals surface area contributed by atoms with Gasteiger partial charge in [-0.05, 0) is 24.1 Å². The van der Waals surface area contributed by atoms with Crippen molar-refractivity contribution in [1.82, 2.24) is 9.88 Å². The van der Waals surface area contributed by atoms with E-state index in [4.69, 9.17) is 5.73 Å². The van der Waals surface area contributed by atoms with Crippen molar-refractivity contribution >= 4 is 23.3 Å². The third-order valence-corrected chi connectivity index (χ3v) is 4.73. The average Bonchev–Trinajstić information content (AvgIpc) is 2.66. The minimum absolute atomic E-state index is 0.0712. The number of aliphatic imine (C=N–C) groups is 1. The molecule has 2 N–H and O–H groups in total. The van der Waals surface area contributed by atoms with Crippen LogP contribution in [0.25, 0.3) is 0 Å². The van der Waals surface area contributed by atoms with Gasteiger partial charge in [-0.15, -0.1) is 0 Å². The van der Waals surface area contributed by atoms with E-state index in [2.05, 4.69) is 9.98 Å². The topological polar surface area (TPSA) is 132 Å². The average molecular weight is 381 g/mol. The highest BCUT2D eigenvalue weighted by atomic mass is 16.6. The van der Waals surface area contributed by atoms with Crippen molar-refractivity contribution in [3.8, 4) is 0 Å². The minimum Gasteiger partial charge on any atom is -0.369 e. The molecular formula is C19H19N5O4. The zero-order chi connectivity index (χ0) is 20.5. The molecule has 1 aliphatic heterocycles. The Bertz CT molecular complexity index is 986. The predicted octanol–water partition coefficient (Wildman–Crippen LogP) is 1.81. The number of ketones is 1. The first-order valence-electron chi connectivity index (χ1n) is 8.54. The van der Waals surface area contributed by atoms with Gasteiger partial charge >= 0.3 is 0 Å². The second kappa shape index (κ2) is 7.18. The van der Waals surface area contributed by atoms with Crippen LogP contribution in [0.4, 0.5) is 5.69 Å². The summed E-state index contributed by atoms with van der Waals surface area (Å²) in [5.41, 5.74) is 6.53. The van der Waals surface area contributed by atoms with Gasteiger partial charge in [-0.2, -0.15) is 0 Å². The van der Waals surface area contributed by atoms with E-state index in [-0.39, 0.29) is 41.9 Å². The third-order valence-electron chi connectivity index (χ3n) is 4.73. The first-order chi connectivity index (χ1) is 13.2. The van der Waals surface area contributed by atoms with E-state index in [0.717, 1.165) is 17.3 Å². The quantitative estimate of drug-likeness (QED) is 0.477. The zero-order valence-corrected chi connectivity index (χ0v) is 15.5. The summed E-state index contributed by atoms with van der Waals surface area (Å²) in [6.07, 6.45) is 1.31. The van der Waals surface area contributed by atoms with Crippen LogP contribution in [0.1, 0.15) is 35.0 Å². The molecule has 1 aliphatic rings. The number of hydrogen-bond acceptors (Lipinski definition) is 7. The van der Waals surface area contributed by atoms with Gasteiger partial charge in [0.15, 0.2) is 11.7 Å². The number of pyridine rings is 1. The highest BCUT2D eigenvalue weighted by Gasteiger charge is 2.36. The number of nitrogens with two attached hydrogens (primary N) is 1. The van der Waals surface area contributed by atoms with Crippen LogP contribution in [0.5, 0.6) is 0 Å². The molecule has 3 rings (SSSR count). The number of hydrogen-bond donors (Lipinski definition) is 1. The fourth-order valence-electron chi connectivity index (χ4n) is 3.03. The molecule has 0 spiro atoms. The molecule has 0 saturated carbocycles. The molecule has 1 atom stereocenters. The number of amides is 1. The first kappa shape index (κ1) is 19.2. The van der Waals surface area contributed by atoms with E-state index in [1.807, 2.05) is 19.1 Å². The van der Waals surface area contributed by atoms with Crippen LogP contribution >= 0.6 is 0 Å². The predicted molar refractivity (Wildman–Crippen MR) is 102 cm³/mol. The fraction of sp³-hybridized carbons (Fsp3) is 0.263. The van der Waals surface area contributed by atoms with E-state index in [1.54, 1.807) is 19.2 Å². The van der Waals surface area contributed by atoms with Crippen molar-refractivity contribution in [3.05, 3.63) is 69.5 Å². The molecule has 0 bridgehead atoms. The molecule has 0 aliphatic carbocycles. The van der Waals surface area contributed by atoms with Gasteiger partial charge in [0.05, 0.1) is 16.9 Å². The summed E-state index contributed by atoms with van der Waals surface area (Å²) in [4.78, 5) is 44.4. The number of nitrogens with zero attached hydrogens (tertiary/aromatic N) is 4. The van der Waals surface area contributed by atoms with Crippen LogP contribution in [0, 0.1) is 10.1 Å². The van der Waals surface area contributed by atoms with Crippen molar-refractivity contribution < 1.29 is 14.5 Å². The lowest BCUT2D eigenvalue weighted by molar-refractivity contribution is -0.385. The number of Topliss-reactive ketones (excluding diaryl/α,β-unsaturated/α-hetero) is 1. The van der Waals surface area contributed by atoms with Crippen LogP contribution < -0.4 is 5.73 Å². The number of guanidine groups is 1. The van der Waals surface area contributed by atoms with E-state index in [0.29, 0.717) is 0 Å². The lowest BCUT2D eigenvalue weighted by Crippen LogP contribution is -2.47. The van der Waals surface area contributed by atoms with Crippen LogP contribution in [0.15, 0.2) is 47.6 Å². The fourth-order valence-corrected chi connectivity index (χ4v) is 3.03. The maximum Gasteiger partial charge on any atom is 0.287 e. The van der Waals surface area contributed by atoms with Gasteiger partial charge in [0.25, 0.3) is 5.69 Å². The molecule has 144 valence electrons. The Morgan fingerprint density at radius 1 is 1.36 bits per heavy atom. The normalized spacial score (nSPS) is 19.3. The second-order valence-corrected chi connectivity index (χ2v) is 6.83. The number of carbonyl (C=O) groups excluding carboxylic acids is 2. The Labute approximate surface area is 161 Å². The summed E-state index contributed by atoms with van der Waals surface area (Å²) in [5, 5.41) is 10.7. The van der Waals surface area contributed by atoms with Crippen molar-refractivity contribution in [2.45, 2.75) is 25.3 Å². The Hall–Kier alpha value is -3.62. The molecule has 9 heteroatoms. The summed E-state index contributed by atoms with van der Waals surface area (Å²) in [5.74, 6) is -0.249. The van der Waals surface area contributed by atoms with Crippen molar-refractivity contribution in [2.75, 3.05) is 7.05 Å². The summed E-state index contributed by atoms with van der Waals surface area (Å²) in [7, 11) is 1.58. The van der Waals surface area contributed by atoms with Crippen molar-refractivity contribution in [3.63, 3.8) is 0 Å². The van der Waals surface area contributed by atoms with Gasteiger partial charge in [0.2, 0.25) is 5.91 Å². The number of aromatic nitrogens is 1. The third kappa shape index (κ3) is 3.73. The smallest absolute Gasteiger partial charge is 0.287 e. The molecule has 0 fully saturated rings. The molecule has 28 heavy (non-hydrogen) atoms. The monoisotopic (exact) mass is 381 g/mol. The number of benzene rings is 1. The van der Waals surface area contributed by atoms with E-state index >= 15 is 0 Å². The highest BCUT2D eigenvalue weighted by Crippen LogP contribution is 2.33. The molecule has 1 aromatic heterocycles. The first-order valence-corrected chi connectivity index (χ1v) is 8.54. The standard InChI is InChI=1S/C19H19N5O4/c1-19(10-17(26)23(2)18(20)22-19)13-5-3-4-12(8-13)9-16(25)15-7-6-14(11-21-15)24(27)28/h3-8,11H,9-10H2,1-2H3,(H2,20,22). The van der Waals surface area contributed by atoms with E-state index in [9.17, 15) is 19.7 Å². The molecule has 2 heterocycles. The summed E-state index contributed by atoms with van der Waals surface area (Å²) in [6, 6.07) is 9.83. The van der Waals surface area contributed by atoms with Gasteiger partial charge in [-0.3, -0.25) is 24.6 Å². The molecule has 1 amide bonds. The van der Waals surface area contributed by atoms with Crippen LogP contribution in [0.3, 0.4) is 0 Å². The number of carbonyl (C=O) groups is 2. The van der Waals surface area contributed by atoms with Gasteiger partial charge in [-0.25, -0.2) is 9.98 Å². The summed E-state index contributed by atoms with van der Waals surface area (Å²) < 4.78 is 0. The Morgan fingerprint density at radius 2 is 2.11 bits per heavy atom. The van der Waals surface area contributed by atoms with Gasteiger partial charge in [-0.1, -0.05) is 24.3 Å². The lowest BCUT2D eigenvalue weighted by Gasteiger charge is -2.33. The molecule has 1 aromatic carbocycles. The van der Waals surface area contributed by atoms with Gasteiger partial charge in [0.1, 0.15) is 11.9 Å². The van der Waals surface area contributed by atoms with Crippen molar-refractivity contribution in [1.29, 1.82) is 0 Å². The lowest BCUT2D eigenvalue weighted by atomic mass is 9.86. The highest BCUT2D eigenvalue weighted by molar-refractivity contribution is 5.99. The molecule has 0 radical (unpaired) electrons. The second-order valence-electron chi connectivity index (χ2n) is 6.83.